The molecule has 35 heavy (non-hydrogen) atoms. The highest BCUT2D eigenvalue weighted by molar-refractivity contribution is 7.81. The van der Waals surface area contributed by atoms with Crippen LogP contribution in [0.25, 0.3) is 0 Å². The number of alkyl halides is 3. The summed E-state index contributed by atoms with van der Waals surface area (Å²) in [5, 5.41) is 18.3. The lowest BCUT2D eigenvalue weighted by atomic mass is 9.75. The average Bonchev–Trinajstić information content (AvgIpc) is 3.04. The third-order valence-corrected chi connectivity index (χ3v) is 7.26. The number of carbonyl (C=O) groups is 1. The number of nitriles is 1. The first-order valence-corrected chi connectivity index (χ1v) is 11.4. The van der Waals surface area contributed by atoms with Crippen LogP contribution in [0.1, 0.15) is 42.4 Å². The van der Waals surface area contributed by atoms with Crippen LogP contribution in [0.5, 0.6) is 5.75 Å². The summed E-state index contributed by atoms with van der Waals surface area (Å²) in [5.41, 5.74) is -2.94. The summed E-state index contributed by atoms with van der Waals surface area (Å²) in [4.78, 5) is 16.0. The van der Waals surface area contributed by atoms with E-state index in [9.17, 15) is 23.1 Å². The Bertz CT molecular complexity index is 1290. The Morgan fingerprint density at radius 3 is 2.60 bits per heavy atom. The summed E-state index contributed by atoms with van der Waals surface area (Å²) in [7, 11) is 0. The zero-order chi connectivity index (χ0) is 25.1. The lowest BCUT2D eigenvalue weighted by Crippen LogP contribution is -2.55. The number of anilines is 2. The van der Waals surface area contributed by atoms with E-state index in [1.54, 1.807) is 17.0 Å². The van der Waals surface area contributed by atoms with E-state index < -0.39 is 40.3 Å². The maximum Gasteiger partial charge on any atom is 0.420 e. The quantitative estimate of drug-likeness (QED) is 0.490. The van der Waals surface area contributed by atoms with Crippen molar-refractivity contribution in [1.82, 2.24) is 0 Å². The topological polar surface area (TPSA) is 76.8 Å². The molecule has 1 N–H and O–H groups in total. The third-order valence-electron chi connectivity index (χ3n) is 6.89. The van der Waals surface area contributed by atoms with Crippen LogP contribution in [0.15, 0.2) is 30.3 Å². The summed E-state index contributed by atoms with van der Waals surface area (Å²) in [6.07, 6.45) is -2.69. The number of aryl methyl sites for hydroxylation is 1. The van der Waals surface area contributed by atoms with E-state index in [0.29, 0.717) is 43.5 Å². The number of rotatable bonds is 3. The second-order valence-corrected chi connectivity index (χ2v) is 9.19. The molecule has 0 aromatic heterocycles. The second-order valence-electron chi connectivity index (χ2n) is 8.83. The van der Waals surface area contributed by atoms with E-state index in [-0.39, 0.29) is 17.8 Å². The number of halogens is 4. The molecule has 3 aliphatic rings. The molecule has 11 heteroatoms. The van der Waals surface area contributed by atoms with Crippen molar-refractivity contribution < 1.29 is 32.2 Å². The fourth-order valence-electron chi connectivity index (χ4n) is 5.00. The van der Waals surface area contributed by atoms with Crippen molar-refractivity contribution in [3.05, 3.63) is 52.8 Å². The van der Waals surface area contributed by atoms with Crippen molar-refractivity contribution in [1.29, 1.82) is 5.26 Å². The Labute approximate surface area is 203 Å². The lowest BCUT2D eigenvalue weighted by Gasteiger charge is -2.43. The second kappa shape index (κ2) is 8.17. The smallest absolute Gasteiger partial charge is 0.420 e. The van der Waals surface area contributed by atoms with Crippen molar-refractivity contribution in [2.24, 2.45) is 0 Å². The molecule has 1 saturated heterocycles. The van der Waals surface area contributed by atoms with Gasteiger partial charge in [0.25, 0.3) is 5.91 Å². The third kappa shape index (κ3) is 3.46. The van der Waals surface area contributed by atoms with Crippen molar-refractivity contribution >= 4 is 34.6 Å². The minimum Gasteiger partial charge on any atom is -0.488 e. The van der Waals surface area contributed by atoms with Crippen LogP contribution in [0.4, 0.5) is 28.9 Å². The van der Waals surface area contributed by atoms with E-state index >= 15 is 4.39 Å². The van der Waals surface area contributed by atoms with E-state index in [1.165, 1.54) is 6.07 Å². The number of nitrogens with zero attached hydrogens (tertiary/aromatic N) is 3. The van der Waals surface area contributed by atoms with Gasteiger partial charge in [0.05, 0.1) is 23.9 Å². The number of thiocarbonyl (C=S) groups is 1. The van der Waals surface area contributed by atoms with Crippen molar-refractivity contribution in [2.75, 3.05) is 16.4 Å². The molecule has 2 heterocycles. The van der Waals surface area contributed by atoms with Crippen molar-refractivity contribution in [3.63, 3.8) is 0 Å². The van der Waals surface area contributed by atoms with Crippen molar-refractivity contribution in [3.8, 4) is 11.8 Å². The molecule has 182 valence electrons. The highest BCUT2D eigenvalue weighted by Gasteiger charge is 2.60. The standard InChI is InChI=1S/C24H19F4N3O3S/c25-20-17(6-3-14(11-29)19(20)24(26,27)28)30-21(33)23(8-1-9-23)31(22(30)35)15-4-7-18-13(10-15)2-5-16(12-32)34-18/h3-4,6-7,10,16,32H,1-2,5,8-9,12H2/t16-/m0/s1. The molecule has 6 nitrogen and oxygen atoms in total. The predicted molar refractivity (Wildman–Crippen MR) is 122 cm³/mol. The van der Waals surface area contributed by atoms with Crippen LogP contribution >= 0.6 is 12.2 Å². The summed E-state index contributed by atoms with van der Waals surface area (Å²) in [6.45, 7) is -0.111. The Hall–Kier alpha value is -3.23. The normalized spacial score (nSPS) is 21.0. The van der Waals surface area contributed by atoms with Crippen LogP contribution < -0.4 is 14.5 Å². The van der Waals surface area contributed by atoms with Gasteiger partial charge >= 0.3 is 6.18 Å². The van der Waals surface area contributed by atoms with Crippen LogP contribution in [0.3, 0.4) is 0 Å². The van der Waals surface area contributed by atoms with E-state index in [4.69, 9.17) is 22.2 Å². The van der Waals surface area contributed by atoms with E-state index in [0.717, 1.165) is 22.6 Å². The summed E-state index contributed by atoms with van der Waals surface area (Å²) in [6, 6.07) is 8.40. The number of aliphatic hydroxyl groups is 1. The molecule has 0 radical (unpaired) electrons. The fraction of sp³-hybridized carbons (Fsp3) is 0.375. The van der Waals surface area contributed by atoms with Gasteiger partial charge in [-0.15, -0.1) is 0 Å². The average molecular weight is 505 g/mol. The highest BCUT2D eigenvalue weighted by Crippen LogP contribution is 2.49. The molecule has 5 rings (SSSR count). The molecular formula is C24H19F4N3O3S. The summed E-state index contributed by atoms with van der Waals surface area (Å²) < 4.78 is 61.7. The van der Waals surface area contributed by atoms with Gasteiger partial charge in [0.15, 0.2) is 10.9 Å². The van der Waals surface area contributed by atoms with Gasteiger partial charge in [-0.1, -0.05) is 0 Å². The van der Waals surface area contributed by atoms with Crippen LogP contribution in [-0.2, 0) is 17.4 Å². The van der Waals surface area contributed by atoms with E-state index in [1.807, 2.05) is 6.07 Å². The molecule has 1 atom stereocenters. The SMILES string of the molecule is N#Cc1ccc(N2C(=O)C3(CCC3)N(c3ccc4c(c3)CC[C@@H](CO)O4)C2=S)c(F)c1C(F)(F)F. The molecule has 1 saturated carbocycles. The molecule has 1 spiro atoms. The number of amides is 1. The molecule has 0 unspecified atom stereocenters. The lowest BCUT2D eigenvalue weighted by molar-refractivity contribution is -0.140. The fourth-order valence-corrected chi connectivity index (χ4v) is 5.46. The minimum atomic E-state index is -5.13. The molecule has 2 aromatic rings. The molecular weight excluding hydrogens is 486 g/mol. The Balaban J connectivity index is 1.59. The summed E-state index contributed by atoms with van der Waals surface area (Å²) >= 11 is 5.56. The largest absolute Gasteiger partial charge is 0.488 e. The molecule has 0 bridgehead atoms. The first-order valence-electron chi connectivity index (χ1n) is 11.0. The van der Waals surface area contributed by atoms with Gasteiger partial charge in [-0.3, -0.25) is 9.69 Å². The monoisotopic (exact) mass is 505 g/mol. The Morgan fingerprint density at radius 1 is 1.26 bits per heavy atom. The number of aliphatic hydroxyl groups excluding tert-OH is 1. The number of hydrogen-bond donors (Lipinski definition) is 1. The van der Waals surface area contributed by atoms with Gasteiger partial charge in [0.1, 0.15) is 23.0 Å². The Kier molecular flexibility index (Phi) is 5.49. The predicted octanol–water partition coefficient (Wildman–Crippen LogP) is 4.46. The van der Waals surface area contributed by atoms with Gasteiger partial charge in [0.2, 0.25) is 0 Å². The Morgan fingerprint density at radius 2 is 2.00 bits per heavy atom. The first kappa shape index (κ1) is 23.5. The zero-order valence-electron chi connectivity index (χ0n) is 18.2. The van der Waals surface area contributed by atoms with Gasteiger partial charge in [0, 0.05) is 5.69 Å². The maximum atomic E-state index is 15.2. The van der Waals surface area contributed by atoms with E-state index in [2.05, 4.69) is 0 Å². The first-order chi connectivity index (χ1) is 16.6. The zero-order valence-corrected chi connectivity index (χ0v) is 19.0. The van der Waals surface area contributed by atoms with Crippen molar-refractivity contribution in [2.45, 2.75) is 49.9 Å². The number of carbonyl (C=O) groups excluding carboxylic acids is 1. The molecule has 2 aromatic carbocycles. The van der Waals surface area contributed by atoms with Gasteiger partial charge < -0.3 is 14.7 Å². The molecule has 2 fully saturated rings. The maximum absolute atomic E-state index is 15.2. The van der Waals surface area contributed by atoms with Gasteiger partial charge in [-0.2, -0.15) is 18.4 Å². The van der Waals surface area contributed by atoms with Gasteiger partial charge in [-0.05, 0) is 80.2 Å². The minimum absolute atomic E-state index is 0.111. The molecule has 1 aliphatic carbocycles. The number of hydrogen-bond acceptors (Lipinski definition) is 5. The number of benzene rings is 2. The summed E-state index contributed by atoms with van der Waals surface area (Å²) in [5.74, 6) is -1.71. The number of ether oxygens (including phenoxy) is 1. The van der Waals surface area contributed by atoms with Crippen LogP contribution in [0, 0.1) is 17.1 Å². The van der Waals surface area contributed by atoms with Crippen LogP contribution in [-0.4, -0.2) is 34.4 Å². The van der Waals surface area contributed by atoms with Crippen LogP contribution in [0.2, 0.25) is 0 Å². The molecule has 1 amide bonds. The molecule has 2 aliphatic heterocycles. The number of fused-ring (bicyclic) bond motifs is 1. The van der Waals surface area contributed by atoms with Gasteiger partial charge in [-0.25, -0.2) is 4.39 Å². The highest BCUT2D eigenvalue weighted by atomic mass is 32.1.